The van der Waals surface area contributed by atoms with Crippen molar-refractivity contribution in [1.29, 1.82) is 0 Å². The maximum atomic E-state index is 13.6. The van der Waals surface area contributed by atoms with Crippen LogP contribution in [0.3, 0.4) is 0 Å². The molecule has 3 heterocycles. The van der Waals surface area contributed by atoms with Crippen LogP contribution >= 0.6 is 23.8 Å². The van der Waals surface area contributed by atoms with Gasteiger partial charge in [-0.3, -0.25) is 18.8 Å². The molecule has 2 aliphatic rings. The smallest absolute Gasteiger partial charge is 0.487 e. The second kappa shape index (κ2) is 10.8. The SMILES string of the molecule is CCOC(=O)N1CCC2(CC1)C[C@H](NC(=O)c1cccc3cn(OP(=O)(O)OC)nc13)c1cc(Br)ccc1O2. The summed E-state index contributed by atoms with van der Waals surface area (Å²) in [4.78, 5) is 38.0. The predicted molar refractivity (Wildman–Crippen MR) is 143 cm³/mol. The number of carbonyl (C=O) groups is 2. The fourth-order valence-corrected chi connectivity index (χ4v) is 5.75. The minimum absolute atomic E-state index is 0.272. The van der Waals surface area contributed by atoms with Gasteiger partial charge in [0.1, 0.15) is 16.9 Å². The van der Waals surface area contributed by atoms with E-state index >= 15 is 0 Å². The Morgan fingerprint density at radius 1 is 1.28 bits per heavy atom. The summed E-state index contributed by atoms with van der Waals surface area (Å²) in [5.74, 6) is 0.301. The summed E-state index contributed by atoms with van der Waals surface area (Å²) in [7, 11) is -3.30. The Morgan fingerprint density at radius 3 is 2.77 bits per heavy atom. The lowest BCUT2D eigenvalue weighted by Gasteiger charge is -2.46. The summed E-state index contributed by atoms with van der Waals surface area (Å²) < 4.78 is 33.7. The number of likely N-dealkylation sites (tertiary alicyclic amines) is 1. The number of piperidine rings is 1. The van der Waals surface area contributed by atoms with Crippen molar-refractivity contribution in [3.63, 3.8) is 0 Å². The van der Waals surface area contributed by atoms with E-state index in [0.717, 1.165) is 22.0 Å². The van der Waals surface area contributed by atoms with Gasteiger partial charge >= 0.3 is 13.9 Å². The van der Waals surface area contributed by atoms with Crippen LogP contribution in [0.2, 0.25) is 0 Å². The molecule has 2 aromatic carbocycles. The second-order valence-corrected chi connectivity index (χ2v) is 11.8. The number of benzene rings is 2. The van der Waals surface area contributed by atoms with E-state index in [1.54, 1.807) is 30.0 Å². The molecule has 2 N–H and O–H groups in total. The maximum absolute atomic E-state index is 13.6. The van der Waals surface area contributed by atoms with Crippen LogP contribution in [0.4, 0.5) is 4.79 Å². The molecule has 1 fully saturated rings. The zero-order valence-electron chi connectivity index (χ0n) is 21.3. The molecule has 5 rings (SSSR count). The fraction of sp³-hybridized carbons (Fsp3) is 0.400. The van der Waals surface area contributed by atoms with Crippen molar-refractivity contribution < 1.29 is 37.7 Å². The molecule has 39 heavy (non-hydrogen) atoms. The molecule has 2 amide bonds. The highest BCUT2D eigenvalue weighted by Crippen LogP contribution is 2.45. The van der Waals surface area contributed by atoms with Gasteiger partial charge in [0, 0.05) is 54.9 Å². The Kier molecular flexibility index (Phi) is 7.60. The van der Waals surface area contributed by atoms with Gasteiger partial charge < -0.3 is 19.7 Å². The minimum atomic E-state index is -4.34. The van der Waals surface area contributed by atoms with Crippen molar-refractivity contribution in [2.24, 2.45) is 0 Å². The second-order valence-electron chi connectivity index (χ2n) is 9.39. The highest BCUT2D eigenvalue weighted by molar-refractivity contribution is 9.10. The molecule has 2 atom stereocenters. The largest absolute Gasteiger partial charge is 0.547 e. The quantitative estimate of drug-likeness (QED) is 0.386. The molecule has 1 saturated heterocycles. The van der Waals surface area contributed by atoms with Gasteiger partial charge in [0.05, 0.1) is 24.4 Å². The third-order valence-corrected chi connectivity index (χ3v) is 8.26. The molecule has 0 radical (unpaired) electrons. The molecule has 3 aromatic rings. The Labute approximate surface area is 232 Å². The van der Waals surface area contributed by atoms with Gasteiger partial charge in [0.15, 0.2) is 0 Å². The van der Waals surface area contributed by atoms with Gasteiger partial charge in [-0.2, -0.15) is 0 Å². The number of hydrogen-bond donors (Lipinski definition) is 2. The van der Waals surface area contributed by atoms with Gasteiger partial charge in [-0.25, -0.2) is 9.36 Å². The molecule has 2 aliphatic heterocycles. The average Bonchev–Trinajstić information content (AvgIpc) is 3.31. The van der Waals surface area contributed by atoms with Crippen LogP contribution in [0.5, 0.6) is 5.75 Å². The van der Waals surface area contributed by atoms with E-state index in [9.17, 15) is 19.0 Å². The number of hydrogen-bond acceptors (Lipinski definition) is 8. The van der Waals surface area contributed by atoms with Crippen molar-refractivity contribution in [2.75, 3.05) is 26.8 Å². The Balaban J connectivity index is 1.40. The number of fused-ring (bicyclic) bond motifs is 2. The molecule has 14 heteroatoms. The third kappa shape index (κ3) is 5.76. The number of aromatic nitrogens is 2. The minimum Gasteiger partial charge on any atom is -0.487 e. The van der Waals surface area contributed by atoms with E-state index in [1.807, 2.05) is 18.2 Å². The lowest BCUT2D eigenvalue weighted by atomic mass is 9.80. The van der Waals surface area contributed by atoms with Crippen LogP contribution in [0.25, 0.3) is 10.9 Å². The summed E-state index contributed by atoms with van der Waals surface area (Å²) >= 11 is 3.51. The van der Waals surface area contributed by atoms with Crippen molar-refractivity contribution in [2.45, 2.75) is 37.8 Å². The lowest BCUT2D eigenvalue weighted by molar-refractivity contribution is -0.0233. The third-order valence-electron chi connectivity index (χ3n) is 6.93. The topological polar surface area (TPSA) is 141 Å². The number of phosphoric acid groups is 1. The number of ether oxygens (including phenoxy) is 2. The van der Waals surface area contributed by atoms with E-state index < -0.39 is 13.4 Å². The normalized spacial score (nSPS) is 19.6. The number of carbonyl (C=O) groups excluding carboxylic acids is 2. The Morgan fingerprint density at radius 2 is 2.05 bits per heavy atom. The molecular weight excluding hydrogens is 595 g/mol. The standard InChI is InChI=1S/C25H28BrN4O8P/c1-3-36-24(32)29-11-9-25(10-12-29)14-20(19-13-17(26)7-8-21(19)37-25)27-23(31)18-6-4-5-16-15-30(28-22(16)18)38-39(33,34)35-2/h4-8,13,15,20H,3,9-12,14H2,1-2H3,(H,27,31)(H,33,34)/t20-/m0/s1. The number of rotatable bonds is 6. The first-order chi connectivity index (χ1) is 18.6. The highest BCUT2D eigenvalue weighted by atomic mass is 79.9. The van der Waals surface area contributed by atoms with Crippen molar-refractivity contribution in [1.82, 2.24) is 20.2 Å². The molecule has 12 nitrogen and oxygen atoms in total. The average molecular weight is 623 g/mol. The Bertz CT molecular complexity index is 1460. The molecule has 0 aliphatic carbocycles. The number of phosphoric ester groups is 1. The zero-order chi connectivity index (χ0) is 27.8. The van der Waals surface area contributed by atoms with Crippen LogP contribution in [0.15, 0.2) is 47.1 Å². The van der Waals surface area contributed by atoms with Crippen molar-refractivity contribution >= 4 is 46.7 Å². The van der Waals surface area contributed by atoms with Crippen LogP contribution in [-0.4, -0.2) is 64.1 Å². The summed E-state index contributed by atoms with van der Waals surface area (Å²) in [6.45, 7) is 3.06. The monoisotopic (exact) mass is 622 g/mol. The number of nitrogens with one attached hydrogen (secondary N) is 1. The molecule has 0 saturated carbocycles. The maximum Gasteiger partial charge on any atom is 0.547 e. The molecule has 1 spiro atoms. The summed E-state index contributed by atoms with van der Waals surface area (Å²) in [5.41, 5.74) is 0.837. The predicted octanol–water partition coefficient (Wildman–Crippen LogP) is 4.22. The summed E-state index contributed by atoms with van der Waals surface area (Å²) in [5, 5.41) is 7.86. The van der Waals surface area contributed by atoms with E-state index in [-0.39, 0.29) is 23.6 Å². The van der Waals surface area contributed by atoms with Gasteiger partial charge in [-0.15, -0.1) is 5.10 Å². The summed E-state index contributed by atoms with van der Waals surface area (Å²) in [6, 6.07) is 10.3. The van der Waals surface area contributed by atoms with Crippen LogP contribution < -0.4 is 14.7 Å². The number of halogens is 1. The fourth-order valence-electron chi connectivity index (χ4n) is 5.01. The molecule has 208 valence electrons. The van der Waals surface area contributed by atoms with Gasteiger partial charge in [-0.1, -0.05) is 32.9 Å². The summed E-state index contributed by atoms with van der Waals surface area (Å²) in [6.07, 6.45) is 2.74. The first-order valence-electron chi connectivity index (χ1n) is 12.4. The highest BCUT2D eigenvalue weighted by Gasteiger charge is 2.45. The molecule has 1 aromatic heterocycles. The molecule has 1 unspecified atom stereocenters. The van der Waals surface area contributed by atoms with E-state index in [1.165, 1.54) is 6.20 Å². The molecular formula is C25H28BrN4O8P. The molecule has 0 bridgehead atoms. The zero-order valence-corrected chi connectivity index (χ0v) is 23.8. The van der Waals surface area contributed by atoms with E-state index in [2.05, 4.69) is 30.9 Å². The van der Waals surface area contributed by atoms with Crippen LogP contribution in [0, 0.1) is 0 Å². The first kappa shape index (κ1) is 27.4. The van der Waals surface area contributed by atoms with Crippen molar-refractivity contribution in [3.8, 4) is 5.75 Å². The van der Waals surface area contributed by atoms with E-state index in [4.69, 9.17) is 14.1 Å². The van der Waals surface area contributed by atoms with Crippen molar-refractivity contribution in [3.05, 3.63) is 58.2 Å². The van der Waals surface area contributed by atoms with E-state index in [0.29, 0.717) is 55.6 Å². The van der Waals surface area contributed by atoms with Gasteiger partial charge in [0.25, 0.3) is 5.91 Å². The number of amides is 2. The van der Waals surface area contributed by atoms with Crippen LogP contribution in [-0.2, 0) is 13.8 Å². The van der Waals surface area contributed by atoms with Crippen LogP contribution in [0.1, 0.15) is 48.1 Å². The lowest BCUT2D eigenvalue weighted by Crippen LogP contribution is -2.53. The first-order valence-corrected chi connectivity index (χ1v) is 14.7. The van der Waals surface area contributed by atoms with Gasteiger partial charge in [0.2, 0.25) is 0 Å². The Hall–Kier alpha value is -3.12. The number of nitrogens with zero attached hydrogens (tertiary/aromatic N) is 3. The van der Waals surface area contributed by atoms with Gasteiger partial charge in [-0.05, 0) is 31.2 Å².